The minimum Gasteiger partial charge on any atom is -0.399 e. The molecule has 2 amide bonds. The normalized spacial score (nSPS) is 14.0. The van der Waals surface area contributed by atoms with Gasteiger partial charge in [0.15, 0.2) is 5.82 Å². The second kappa shape index (κ2) is 10.9. The van der Waals surface area contributed by atoms with E-state index in [2.05, 4.69) is 10.5 Å². The van der Waals surface area contributed by atoms with Gasteiger partial charge in [0.1, 0.15) is 5.76 Å². The molecule has 0 radical (unpaired) electrons. The molecule has 1 aromatic heterocycles. The van der Waals surface area contributed by atoms with Gasteiger partial charge >= 0.3 is 0 Å². The van der Waals surface area contributed by atoms with Crippen LogP contribution in [-0.2, 0) is 16.0 Å². The number of aryl methyl sites for hydroxylation is 1. The zero-order valence-corrected chi connectivity index (χ0v) is 17.2. The summed E-state index contributed by atoms with van der Waals surface area (Å²) < 4.78 is 4.92. The fraction of sp³-hybridized carbons (Fsp3) is 0.389. The van der Waals surface area contributed by atoms with Gasteiger partial charge in [0.2, 0.25) is 11.8 Å². The van der Waals surface area contributed by atoms with Crippen molar-refractivity contribution in [3.05, 3.63) is 41.7 Å². The summed E-state index contributed by atoms with van der Waals surface area (Å²) in [5, 5.41) is 6.45. The Bertz CT molecular complexity index is 774. The van der Waals surface area contributed by atoms with Gasteiger partial charge in [0.25, 0.3) is 0 Å². The summed E-state index contributed by atoms with van der Waals surface area (Å²) in [6.45, 7) is 4.60. The maximum atomic E-state index is 12.4. The van der Waals surface area contributed by atoms with E-state index in [-0.39, 0.29) is 43.2 Å². The SMILES string of the molecule is Cc1cc(NC(=O)CN2CCN(C(=O)Cc3ccc(N)cc3)CC2)no1.Cl.Cl. The van der Waals surface area contributed by atoms with Gasteiger partial charge in [-0.15, -0.1) is 24.8 Å². The van der Waals surface area contributed by atoms with Crippen molar-refractivity contribution in [3.63, 3.8) is 0 Å². The van der Waals surface area contributed by atoms with E-state index in [1.807, 2.05) is 21.9 Å². The fourth-order valence-electron chi connectivity index (χ4n) is 2.89. The third-order valence-corrected chi connectivity index (χ3v) is 4.32. The maximum Gasteiger partial charge on any atom is 0.239 e. The van der Waals surface area contributed by atoms with Crippen molar-refractivity contribution in [1.82, 2.24) is 15.0 Å². The van der Waals surface area contributed by atoms with Gasteiger partial charge in [-0.25, -0.2) is 0 Å². The number of nitrogens with one attached hydrogen (secondary N) is 1. The smallest absolute Gasteiger partial charge is 0.239 e. The number of carbonyl (C=O) groups is 2. The lowest BCUT2D eigenvalue weighted by molar-refractivity contribution is -0.132. The fourth-order valence-corrected chi connectivity index (χ4v) is 2.89. The number of nitrogens with zero attached hydrogens (tertiary/aromatic N) is 3. The minimum atomic E-state index is -0.139. The number of amides is 2. The van der Waals surface area contributed by atoms with Crippen molar-refractivity contribution in [2.75, 3.05) is 43.8 Å². The van der Waals surface area contributed by atoms with Gasteiger partial charge in [-0.2, -0.15) is 0 Å². The van der Waals surface area contributed by atoms with Crippen molar-refractivity contribution in [2.45, 2.75) is 13.3 Å². The van der Waals surface area contributed by atoms with Crippen molar-refractivity contribution < 1.29 is 14.1 Å². The molecule has 0 bridgehead atoms. The molecule has 0 unspecified atom stereocenters. The zero-order valence-electron chi connectivity index (χ0n) is 15.6. The molecule has 3 rings (SSSR count). The first kappa shape index (κ1) is 23.7. The molecule has 0 spiro atoms. The molecular weight excluding hydrogens is 405 g/mol. The number of anilines is 2. The lowest BCUT2D eigenvalue weighted by Gasteiger charge is -2.34. The Morgan fingerprint density at radius 3 is 2.36 bits per heavy atom. The van der Waals surface area contributed by atoms with Crippen LogP contribution in [0.5, 0.6) is 0 Å². The quantitative estimate of drug-likeness (QED) is 0.701. The van der Waals surface area contributed by atoms with Crippen molar-refractivity contribution >= 4 is 48.1 Å². The summed E-state index contributed by atoms with van der Waals surface area (Å²) in [7, 11) is 0. The van der Waals surface area contributed by atoms with Crippen LogP contribution in [0.3, 0.4) is 0 Å². The van der Waals surface area contributed by atoms with Crippen LogP contribution in [0.4, 0.5) is 11.5 Å². The topological polar surface area (TPSA) is 105 Å². The molecular formula is C18H25Cl2N5O3. The molecule has 0 atom stereocenters. The first-order valence-corrected chi connectivity index (χ1v) is 8.57. The predicted octanol–water partition coefficient (Wildman–Crippen LogP) is 1.73. The molecule has 28 heavy (non-hydrogen) atoms. The number of halogens is 2. The van der Waals surface area contributed by atoms with E-state index in [4.69, 9.17) is 10.3 Å². The molecule has 10 heteroatoms. The Morgan fingerprint density at radius 2 is 1.79 bits per heavy atom. The first-order chi connectivity index (χ1) is 12.5. The molecule has 3 N–H and O–H groups in total. The summed E-state index contributed by atoms with van der Waals surface area (Å²) in [5.74, 6) is 1.02. The van der Waals surface area contributed by atoms with E-state index in [9.17, 15) is 9.59 Å². The van der Waals surface area contributed by atoms with Crippen molar-refractivity contribution in [2.24, 2.45) is 0 Å². The largest absolute Gasteiger partial charge is 0.399 e. The molecule has 0 saturated carbocycles. The van der Waals surface area contributed by atoms with Gasteiger partial charge in [-0.05, 0) is 24.6 Å². The zero-order chi connectivity index (χ0) is 18.5. The Balaban J connectivity index is 0.00000196. The molecule has 1 aromatic carbocycles. The average Bonchev–Trinajstić information content (AvgIpc) is 3.02. The van der Waals surface area contributed by atoms with Crippen molar-refractivity contribution in [1.29, 1.82) is 0 Å². The highest BCUT2D eigenvalue weighted by Crippen LogP contribution is 2.10. The highest BCUT2D eigenvalue weighted by Gasteiger charge is 2.22. The monoisotopic (exact) mass is 429 g/mol. The van der Waals surface area contributed by atoms with Crippen LogP contribution in [-0.4, -0.2) is 59.5 Å². The summed E-state index contributed by atoms with van der Waals surface area (Å²) in [6, 6.07) is 9.02. The molecule has 0 aliphatic carbocycles. The van der Waals surface area contributed by atoms with Crippen molar-refractivity contribution in [3.8, 4) is 0 Å². The van der Waals surface area contributed by atoms with Gasteiger partial charge < -0.3 is 20.5 Å². The van der Waals surface area contributed by atoms with Crippen LogP contribution in [0.1, 0.15) is 11.3 Å². The summed E-state index contributed by atoms with van der Waals surface area (Å²) >= 11 is 0. The lowest BCUT2D eigenvalue weighted by Crippen LogP contribution is -2.50. The van der Waals surface area contributed by atoms with Crippen LogP contribution in [0.15, 0.2) is 34.9 Å². The summed E-state index contributed by atoms with van der Waals surface area (Å²) in [6.07, 6.45) is 0.367. The molecule has 154 valence electrons. The number of aromatic nitrogens is 1. The van der Waals surface area contributed by atoms with E-state index in [0.717, 1.165) is 5.56 Å². The second-order valence-corrected chi connectivity index (χ2v) is 6.45. The van der Waals surface area contributed by atoms with Crippen LogP contribution in [0.25, 0.3) is 0 Å². The number of nitrogens with two attached hydrogens (primary N) is 1. The Kier molecular flexibility index (Phi) is 9.24. The summed E-state index contributed by atoms with van der Waals surface area (Å²) in [4.78, 5) is 28.3. The molecule has 1 fully saturated rings. The predicted molar refractivity (Wildman–Crippen MR) is 112 cm³/mol. The van der Waals surface area contributed by atoms with Gasteiger partial charge in [0, 0.05) is 37.9 Å². The molecule has 1 aliphatic heterocycles. The Hall–Kier alpha value is -2.29. The standard InChI is InChI=1S/C18H23N5O3.2ClH/c1-13-10-16(21-26-13)20-17(24)12-22-6-8-23(9-7-22)18(25)11-14-2-4-15(19)5-3-14;;/h2-5,10H,6-9,11-12,19H2,1H3,(H,20,21,24);2*1H. The van der Waals surface area contributed by atoms with Gasteiger partial charge in [-0.1, -0.05) is 17.3 Å². The number of benzene rings is 1. The van der Waals surface area contributed by atoms with Crippen LogP contribution >= 0.6 is 24.8 Å². The number of hydrogen-bond donors (Lipinski definition) is 2. The molecule has 1 saturated heterocycles. The number of nitrogen functional groups attached to an aromatic ring is 1. The highest BCUT2D eigenvalue weighted by molar-refractivity contribution is 5.91. The number of carbonyl (C=O) groups excluding carboxylic acids is 2. The second-order valence-electron chi connectivity index (χ2n) is 6.45. The highest BCUT2D eigenvalue weighted by atomic mass is 35.5. The Morgan fingerprint density at radius 1 is 1.14 bits per heavy atom. The van der Waals surface area contributed by atoms with Crippen LogP contribution < -0.4 is 11.1 Å². The number of piperazine rings is 1. The third kappa shape index (κ3) is 6.70. The average molecular weight is 430 g/mol. The maximum absolute atomic E-state index is 12.4. The van der Waals surface area contributed by atoms with Crippen LogP contribution in [0.2, 0.25) is 0 Å². The van der Waals surface area contributed by atoms with E-state index in [1.165, 1.54) is 0 Å². The lowest BCUT2D eigenvalue weighted by atomic mass is 10.1. The molecule has 2 heterocycles. The first-order valence-electron chi connectivity index (χ1n) is 8.57. The number of rotatable bonds is 5. The van der Waals surface area contributed by atoms with E-state index < -0.39 is 0 Å². The van der Waals surface area contributed by atoms with E-state index >= 15 is 0 Å². The van der Waals surface area contributed by atoms with E-state index in [0.29, 0.717) is 49.9 Å². The Labute approximate surface area is 176 Å². The summed E-state index contributed by atoms with van der Waals surface area (Å²) in [5.41, 5.74) is 7.30. The molecule has 1 aliphatic rings. The molecule has 8 nitrogen and oxygen atoms in total. The van der Waals surface area contributed by atoms with Gasteiger partial charge in [0.05, 0.1) is 13.0 Å². The number of hydrogen-bond acceptors (Lipinski definition) is 6. The minimum absolute atomic E-state index is 0. The molecule has 2 aromatic rings. The van der Waals surface area contributed by atoms with Gasteiger partial charge in [-0.3, -0.25) is 14.5 Å². The third-order valence-electron chi connectivity index (χ3n) is 4.32. The van der Waals surface area contributed by atoms with Crippen LogP contribution in [0, 0.1) is 6.92 Å². The van der Waals surface area contributed by atoms with E-state index in [1.54, 1.807) is 25.1 Å².